The van der Waals surface area contributed by atoms with Gasteiger partial charge in [-0.05, 0) is 38.1 Å². The van der Waals surface area contributed by atoms with Crippen molar-refractivity contribution in [2.24, 2.45) is 0 Å². The van der Waals surface area contributed by atoms with Crippen molar-refractivity contribution >= 4 is 0 Å². The number of ether oxygens (including phenoxy) is 1. The maximum atomic E-state index is 5.66. The van der Waals surface area contributed by atoms with E-state index >= 15 is 0 Å². The molecule has 3 heteroatoms. The molecule has 0 saturated carbocycles. The van der Waals surface area contributed by atoms with Crippen LogP contribution in [-0.4, -0.2) is 36.7 Å². The van der Waals surface area contributed by atoms with Crippen molar-refractivity contribution < 1.29 is 4.74 Å². The Kier molecular flexibility index (Phi) is 4.61. The lowest BCUT2D eigenvalue weighted by molar-refractivity contribution is 0.145. The molecule has 1 N–H and O–H groups in total. The predicted molar refractivity (Wildman–Crippen MR) is 74.9 cm³/mol. The summed E-state index contributed by atoms with van der Waals surface area (Å²) in [6, 6.07) is 9.20. The summed E-state index contributed by atoms with van der Waals surface area (Å²) in [5.41, 5.74) is 1.36. The Labute approximate surface area is 110 Å². The van der Waals surface area contributed by atoms with Crippen LogP contribution in [0.1, 0.15) is 26.3 Å². The fourth-order valence-electron chi connectivity index (χ4n) is 2.21. The minimum atomic E-state index is 0.240. The maximum Gasteiger partial charge on any atom is 0.119 e. The van der Waals surface area contributed by atoms with E-state index in [1.165, 1.54) is 5.56 Å². The molecule has 0 radical (unpaired) electrons. The first kappa shape index (κ1) is 13.4. The van der Waals surface area contributed by atoms with Crippen molar-refractivity contribution in [2.45, 2.75) is 39.5 Å². The van der Waals surface area contributed by atoms with E-state index < -0.39 is 0 Å². The topological polar surface area (TPSA) is 24.5 Å². The van der Waals surface area contributed by atoms with Crippen molar-refractivity contribution in [1.82, 2.24) is 10.2 Å². The summed E-state index contributed by atoms with van der Waals surface area (Å²) in [5.74, 6) is 0.960. The lowest BCUT2D eigenvalue weighted by Crippen LogP contribution is -2.56. The van der Waals surface area contributed by atoms with Crippen molar-refractivity contribution in [3.05, 3.63) is 29.8 Å². The van der Waals surface area contributed by atoms with Gasteiger partial charge in [-0.3, -0.25) is 4.90 Å². The average molecular weight is 248 g/mol. The molecule has 3 nitrogen and oxygen atoms in total. The molecule has 2 rings (SSSR count). The molecule has 0 aliphatic carbocycles. The van der Waals surface area contributed by atoms with Gasteiger partial charge in [-0.25, -0.2) is 0 Å². The Bertz CT molecular complexity index is 357. The van der Waals surface area contributed by atoms with Crippen molar-refractivity contribution in [3.63, 3.8) is 0 Å². The number of nitrogens with one attached hydrogen (secondary N) is 1. The Morgan fingerprint density at radius 3 is 2.39 bits per heavy atom. The molecule has 1 saturated heterocycles. The molecular weight excluding hydrogens is 224 g/mol. The van der Waals surface area contributed by atoms with E-state index in [1.54, 1.807) is 0 Å². The number of hydrogen-bond donors (Lipinski definition) is 1. The molecule has 18 heavy (non-hydrogen) atoms. The average Bonchev–Trinajstić information content (AvgIpc) is 2.27. The van der Waals surface area contributed by atoms with Crippen LogP contribution in [0.5, 0.6) is 5.75 Å². The highest BCUT2D eigenvalue weighted by Crippen LogP contribution is 2.16. The molecule has 0 atom stereocenters. The molecule has 100 valence electrons. The maximum absolute atomic E-state index is 5.66. The van der Waals surface area contributed by atoms with E-state index in [0.29, 0.717) is 6.04 Å². The number of hydrogen-bond acceptors (Lipinski definition) is 3. The van der Waals surface area contributed by atoms with Crippen molar-refractivity contribution in [1.29, 1.82) is 0 Å². The van der Waals surface area contributed by atoms with Crippen LogP contribution in [-0.2, 0) is 6.54 Å². The molecule has 0 aromatic heterocycles. The summed E-state index contributed by atoms with van der Waals surface area (Å²) in [6.45, 7) is 10.7. The van der Waals surface area contributed by atoms with Crippen LogP contribution < -0.4 is 10.1 Å². The third-order valence-electron chi connectivity index (χ3n) is 3.36. The normalized spacial score (nSPS) is 16.1. The van der Waals surface area contributed by atoms with Crippen molar-refractivity contribution in [2.75, 3.05) is 19.6 Å². The van der Waals surface area contributed by atoms with E-state index in [2.05, 4.69) is 55.3 Å². The van der Waals surface area contributed by atoms with Crippen LogP contribution in [0.3, 0.4) is 0 Å². The van der Waals surface area contributed by atoms with Gasteiger partial charge in [0.1, 0.15) is 5.75 Å². The second-order valence-corrected chi connectivity index (χ2v) is 5.19. The van der Waals surface area contributed by atoms with Gasteiger partial charge in [0.15, 0.2) is 0 Å². The lowest BCUT2D eigenvalue weighted by Gasteiger charge is -2.37. The third kappa shape index (κ3) is 3.47. The summed E-state index contributed by atoms with van der Waals surface area (Å²) < 4.78 is 5.66. The molecule has 0 bridgehead atoms. The standard InChI is InChI=1S/C15H24N2O/c1-4-17(14-9-16-10-14)11-13-5-7-15(8-6-13)18-12(2)3/h5-8,12,14,16H,4,9-11H2,1-3H3. The number of benzene rings is 1. The van der Waals surface area contributed by atoms with Crippen molar-refractivity contribution in [3.8, 4) is 5.75 Å². The minimum absolute atomic E-state index is 0.240. The van der Waals surface area contributed by atoms with Crippen LogP contribution in [0, 0.1) is 0 Å². The Hall–Kier alpha value is -1.06. The Morgan fingerprint density at radius 1 is 1.28 bits per heavy atom. The molecular formula is C15H24N2O. The molecule has 0 unspecified atom stereocenters. The van der Waals surface area contributed by atoms with E-state index in [9.17, 15) is 0 Å². The Balaban J connectivity index is 1.92. The molecule has 0 spiro atoms. The fraction of sp³-hybridized carbons (Fsp3) is 0.600. The van der Waals surface area contributed by atoms with E-state index in [-0.39, 0.29) is 6.10 Å². The molecule has 1 aromatic rings. The third-order valence-corrected chi connectivity index (χ3v) is 3.36. The number of rotatable bonds is 6. The summed E-state index contributed by atoms with van der Waals surface area (Å²) >= 11 is 0. The van der Waals surface area contributed by atoms with Crippen LogP contribution in [0.25, 0.3) is 0 Å². The zero-order chi connectivity index (χ0) is 13.0. The number of nitrogens with zero attached hydrogens (tertiary/aromatic N) is 1. The van der Waals surface area contributed by atoms with Crippen LogP contribution in [0.2, 0.25) is 0 Å². The van der Waals surface area contributed by atoms with Gasteiger partial charge < -0.3 is 10.1 Å². The Morgan fingerprint density at radius 2 is 1.94 bits per heavy atom. The molecule has 1 fully saturated rings. The van der Waals surface area contributed by atoms with Gasteiger partial charge in [-0.2, -0.15) is 0 Å². The van der Waals surface area contributed by atoms with Gasteiger partial charge in [0.25, 0.3) is 0 Å². The fourth-order valence-corrected chi connectivity index (χ4v) is 2.21. The number of likely N-dealkylation sites (N-methyl/N-ethyl adjacent to an activating group) is 1. The second-order valence-electron chi connectivity index (χ2n) is 5.19. The first-order valence-corrected chi connectivity index (χ1v) is 6.89. The SMILES string of the molecule is CCN(Cc1ccc(OC(C)C)cc1)C1CNC1. The second kappa shape index (κ2) is 6.21. The highest BCUT2D eigenvalue weighted by Gasteiger charge is 2.22. The predicted octanol–water partition coefficient (Wildman–Crippen LogP) is 2.27. The molecule has 1 aromatic carbocycles. The largest absolute Gasteiger partial charge is 0.491 e. The lowest BCUT2D eigenvalue weighted by atomic mass is 10.1. The summed E-state index contributed by atoms with van der Waals surface area (Å²) in [6.07, 6.45) is 0.240. The van der Waals surface area contributed by atoms with Gasteiger partial charge in [0.05, 0.1) is 6.10 Å². The summed E-state index contributed by atoms with van der Waals surface area (Å²) in [7, 11) is 0. The van der Waals surface area contributed by atoms with E-state index in [0.717, 1.165) is 31.9 Å². The van der Waals surface area contributed by atoms with Gasteiger partial charge in [0.2, 0.25) is 0 Å². The minimum Gasteiger partial charge on any atom is -0.491 e. The molecule has 1 aliphatic rings. The first-order chi connectivity index (χ1) is 8.69. The summed E-state index contributed by atoms with van der Waals surface area (Å²) in [4.78, 5) is 2.52. The monoisotopic (exact) mass is 248 g/mol. The van der Waals surface area contributed by atoms with Crippen LogP contribution in [0.4, 0.5) is 0 Å². The molecule has 0 amide bonds. The van der Waals surface area contributed by atoms with Crippen LogP contribution in [0.15, 0.2) is 24.3 Å². The highest BCUT2D eigenvalue weighted by molar-refractivity contribution is 5.27. The van der Waals surface area contributed by atoms with Gasteiger partial charge in [0, 0.05) is 25.7 Å². The zero-order valence-corrected chi connectivity index (χ0v) is 11.6. The summed E-state index contributed by atoms with van der Waals surface area (Å²) in [5, 5.41) is 3.33. The van der Waals surface area contributed by atoms with E-state index in [4.69, 9.17) is 4.74 Å². The smallest absolute Gasteiger partial charge is 0.119 e. The van der Waals surface area contributed by atoms with E-state index in [1.807, 2.05) is 0 Å². The van der Waals surface area contributed by atoms with Gasteiger partial charge >= 0.3 is 0 Å². The molecule has 1 heterocycles. The zero-order valence-electron chi connectivity index (χ0n) is 11.6. The highest BCUT2D eigenvalue weighted by atomic mass is 16.5. The first-order valence-electron chi connectivity index (χ1n) is 6.89. The van der Waals surface area contributed by atoms with Gasteiger partial charge in [-0.1, -0.05) is 19.1 Å². The van der Waals surface area contributed by atoms with Crippen LogP contribution >= 0.6 is 0 Å². The quantitative estimate of drug-likeness (QED) is 0.836. The van der Waals surface area contributed by atoms with Gasteiger partial charge in [-0.15, -0.1) is 0 Å². The molecule has 1 aliphatic heterocycles.